The van der Waals surface area contributed by atoms with Crippen molar-refractivity contribution in [3.8, 4) is 0 Å². The highest BCUT2D eigenvalue weighted by Crippen LogP contribution is 2.22. The summed E-state index contributed by atoms with van der Waals surface area (Å²) >= 11 is 0. The van der Waals surface area contributed by atoms with Gasteiger partial charge in [0, 0.05) is 185 Å². The molecule has 0 spiro atoms. The number of ether oxygens (including phenoxy) is 1. The van der Waals surface area contributed by atoms with E-state index in [-0.39, 0.29) is 158 Å². The van der Waals surface area contributed by atoms with Gasteiger partial charge in [0.25, 0.3) is 0 Å². The second-order valence-corrected chi connectivity index (χ2v) is 41.7. The first-order valence-corrected chi connectivity index (χ1v) is 54.6. The maximum absolute atomic E-state index is 12.1. The van der Waals surface area contributed by atoms with E-state index in [1.165, 1.54) is 125 Å². The Bertz CT molecular complexity index is 4430. The first-order chi connectivity index (χ1) is 70.0. The van der Waals surface area contributed by atoms with Crippen molar-refractivity contribution in [2.45, 2.75) is 344 Å². The van der Waals surface area contributed by atoms with Gasteiger partial charge >= 0.3 is 5.97 Å². The summed E-state index contributed by atoms with van der Waals surface area (Å²) in [6, 6.07) is 11.1. The Morgan fingerprint density at radius 1 is 0.413 bits per heavy atom. The fourth-order valence-electron chi connectivity index (χ4n) is 11.7. The van der Waals surface area contributed by atoms with Crippen LogP contribution < -0.4 is 21.3 Å². The van der Waals surface area contributed by atoms with Crippen LogP contribution in [0.3, 0.4) is 0 Å². The molecule has 1 saturated carbocycles. The number of hydrogen-bond donors (Lipinski definition) is 4. The van der Waals surface area contributed by atoms with Crippen molar-refractivity contribution in [1.82, 2.24) is 31.1 Å². The van der Waals surface area contributed by atoms with Crippen molar-refractivity contribution >= 4 is 98.7 Å². The highest BCUT2D eigenvalue weighted by Gasteiger charge is 2.23. The molecule has 0 bridgehead atoms. The maximum atomic E-state index is 12.1. The summed E-state index contributed by atoms with van der Waals surface area (Å²) in [6.45, 7) is 70.9. The molecule has 3 heterocycles. The molecule has 150 heavy (non-hydrogen) atoms. The number of ketones is 14. The molecule has 1 aromatic rings. The fourth-order valence-corrected chi connectivity index (χ4v) is 11.7. The van der Waals surface area contributed by atoms with Gasteiger partial charge in [-0.2, -0.15) is 0 Å². The molecule has 0 aromatic heterocycles. The summed E-state index contributed by atoms with van der Waals surface area (Å²) in [5, 5.41) is 12.3. The number of esters is 1. The van der Waals surface area contributed by atoms with E-state index < -0.39 is 12.1 Å². The smallest absolute Gasteiger partial charge is 0.330 e. The van der Waals surface area contributed by atoms with Crippen LogP contribution in [-0.4, -0.2) is 194 Å². The number of amides is 2. The first-order valence-electron chi connectivity index (χ1n) is 54.6. The Balaban J connectivity index is -0.000000297. The maximum Gasteiger partial charge on any atom is 0.330 e. The molecule has 2 amide bonds. The quantitative estimate of drug-likeness (QED) is 0.0348. The number of rotatable bonds is 43. The number of allylic oxidation sites excluding steroid dienone is 16. The Labute approximate surface area is 907 Å². The van der Waals surface area contributed by atoms with E-state index in [1.54, 1.807) is 107 Å². The van der Waals surface area contributed by atoms with Gasteiger partial charge in [0.1, 0.15) is 6.17 Å². The number of unbranched alkanes of at least 4 members (excludes halogenated alkanes) is 1. The van der Waals surface area contributed by atoms with E-state index in [1.807, 2.05) is 168 Å². The molecule has 2 aliphatic carbocycles. The molecule has 1 unspecified atom stereocenters. The minimum atomic E-state index is -1.03. The van der Waals surface area contributed by atoms with E-state index in [0.29, 0.717) is 36.7 Å². The molecular weight excluding hydrogens is 1890 g/mol. The van der Waals surface area contributed by atoms with Gasteiger partial charge in [-0.25, -0.2) is 9.18 Å². The van der Waals surface area contributed by atoms with Crippen molar-refractivity contribution in [1.29, 1.82) is 0 Å². The molecule has 3 aliphatic heterocycles. The van der Waals surface area contributed by atoms with Crippen LogP contribution in [-0.2, 0) is 92.8 Å². The lowest BCUT2D eigenvalue weighted by Crippen LogP contribution is -2.31. The number of Topliss-reactive ketones (excluding diaryl/α,β-unsaturated/α-hetero) is 4. The summed E-state index contributed by atoms with van der Waals surface area (Å²) in [5.41, 5.74) is 5.28. The highest BCUT2D eigenvalue weighted by molar-refractivity contribution is 6.02. The number of likely N-dealkylation sites (N-methyl/N-ethyl adjacent to an activating group) is 1. The number of nitrogens with one attached hydrogen (secondary N) is 4. The standard InChI is InChI=1S/C15H19NO.C13H23NO.C10H16O.C10H18O.2C9H15NO2.C9H15NO.C9H14O3.C9H16O.C8H13FO.C8H13NO.C8H12O2.C8H14O/c1-12(2)15(17)14-8-9-16(11-14)10-13-6-4-3-5-7-13;1-11(2)13(15)9-6-10-14-12-7-4-3-5-8-12;1-8(2)10(11)9-6-4-3-5-7-9;1-8(2)6-5-7-10(11)9(3)4;1-7(2)8(11)5-6-9(12)10(3)4;1-7(2)9(12)5-4-6-10-8(3)11;1-7(2)9(11)8-4-3-5-10-6-8;1-4-12-9(11)6-5-8(10)7(2)3;1-4-5-6-7-9(10)8(2)3;1-6(2)8(10)5-4-7(3)9;1-6(2)8(10)7-3-4-9-5-7;1-6(2)8(10)5-4-7(3)9;1-4-5-6-8(9)7(2)3/h3-8,12H,9-11H2,1-2H3;6,9,11-12,14H,3-5,7-8,10H2,1-2H3;6,8H,3-5,7H2,1-2H3;5,7-9H,6H2,1-4H3;5-7H,1-4H3;4-5,7H,6H2,1-3H3,(H,10,11);4,7,10H,3,5-6H2,1-2H3;5-7H,4H2,1-3H3;6-8H,4-5H2,1-3H3;4-7H,1-3H3;3,6,9H,4-5H2,1-2H3;4-6H,1-3H3;5-7H,4H2,1-3H3/b;9-6+;;7-5+;6-5+;5-4+;;6-5+;7-6+;5-4+;;5-4+;6-5+. The lowest BCUT2D eigenvalue weighted by molar-refractivity contribution is -0.137. The topological polar surface area (TPSA) is 354 Å². The average molecular weight is 2100 g/mol. The zero-order valence-corrected chi connectivity index (χ0v) is 99.4. The number of alkyl halides is 1. The summed E-state index contributed by atoms with van der Waals surface area (Å²) in [7, 11) is 3.29. The molecule has 5 aliphatic rings. The SMILES string of the molecule is CC(=O)/C=C/C(=O)C(C)C.CC(=O)NC/C=C/C(=O)C(C)C.CC(C)C(=O)/C=C/C(=O)N(C)C.CC(C)C(=O)/C=C/CNC1CCCCC1.CC(C)C(=O)C1=CCCCC1.CC(C)C(=O)C1=CCCNC1.CC(C)C(=O)C1=CCN(Cc2ccccc2)C1.CC(C)C(=O)C1=CCNC1.CC(C)C/C=C/C(=O)C(C)C.CC(F)/C=C/C(=O)C(C)C.CC/C=C/C(=O)C(C)C.CCC/C=C/C(=O)C(C)C.CCOC(=O)/C=C/C(=O)C(C)C. The Hall–Kier alpha value is -10.6. The molecule has 1 aromatic carbocycles. The predicted molar refractivity (Wildman–Crippen MR) is 618 cm³/mol. The molecule has 848 valence electrons. The van der Waals surface area contributed by atoms with E-state index in [2.05, 4.69) is 94.2 Å². The number of nitrogens with zero attached hydrogens (tertiary/aromatic N) is 2. The fraction of sp³-hybridized carbons (Fsp3) is 0.608. The molecule has 25 heteroatoms. The van der Waals surface area contributed by atoms with E-state index in [9.17, 15) is 85.9 Å². The molecule has 0 saturated heterocycles. The summed E-state index contributed by atoms with van der Waals surface area (Å²) < 4.78 is 16.7. The second-order valence-electron chi connectivity index (χ2n) is 41.7. The zero-order valence-electron chi connectivity index (χ0n) is 99.4. The van der Waals surface area contributed by atoms with Crippen molar-refractivity contribution in [2.24, 2.45) is 82.9 Å². The molecular formula is C125H203FN6O18. The van der Waals surface area contributed by atoms with Crippen molar-refractivity contribution in [2.75, 3.05) is 73.1 Å². The first kappa shape index (κ1) is 152. The number of carbonyl (C=O) groups excluding carboxylic acids is 17. The van der Waals surface area contributed by atoms with Gasteiger partial charge in [0.05, 0.1) is 6.61 Å². The summed E-state index contributed by atoms with van der Waals surface area (Å²) in [6.07, 6.45) is 51.4. The van der Waals surface area contributed by atoms with Crippen LogP contribution in [0.15, 0.2) is 186 Å². The van der Waals surface area contributed by atoms with Crippen LogP contribution in [0.4, 0.5) is 4.39 Å². The van der Waals surface area contributed by atoms with Crippen LogP contribution in [0.5, 0.6) is 0 Å². The van der Waals surface area contributed by atoms with Gasteiger partial charge in [-0.3, -0.25) is 81.6 Å². The monoisotopic (exact) mass is 2100 g/mol. The van der Waals surface area contributed by atoms with Gasteiger partial charge in [-0.05, 0) is 175 Å². The Kier molecular flexibility index (Phi) is 97.0. The number of halogens is 1. The van der Waals surface area contributed by atoms with Crippen LogP contribution in [0.2, 0.25) is 0 Å². The Morgan fingerprint density at radius 3 is 1.19 bits per heavy atom. The van der Waals surface area contributed by atoms with Crippen molar-refractivity contribution < 1.29 is 90.6 Å². The second kappa shape index (κ2) is 95.5. The van der Waals surface area contributed by atoms with E-state index in [4.69, 9.17) is 0 Å². The number of benzene rings is 1. The molecule has 1 fully saturated rings. The third-order valence-corrected chi connectivity index (χ3v) is 21.7. The molecule has 24 nitrogen and oxygen atoms in total. The minimum Gasteiger partial charge on any atom is -0.463 e. The van der Waals surface area contributed by atoms with Crippen LogP contribution >= 0.6 is 0 Å². The van der Waals surface area contributed by atoms with Gasteiger partial charge in [-0.15, -0.1) is 0 Å². The highest BCUT2D eigenvalue weighted by atomic mass is 19.1. The normalized spacial score (nSPS) is 14.1. The molecule has 0 radical (unpaired) electrons. The van der Waals surface area contributed by atoms with E-state index >= 15 is 0 Å². The minimum absolute atomic E-state index is 0.00444. The van der Waals surface area contributed by atoms with Crippen molar-refractivity contribution in [3.05, 3.63) is 192 Å². The van der Waals surface area contributed by atoms with E-state index in [0.717, 1.165) is 126 Å². The summed E-state index contributed by atoms with van der Waals surface area (Å²) in [4.78, 5) is 191. The summed E-state index contributed by atoms with van der Waals surface area (Å²) in [5.74, 6) is 2.90. The van der Waals surface area contributed by atoms with Gasteiger partial charge in [0.2, 0.25) is 11.8 Å². The van der Waals surface area contributed by atoms with Crippen LogP contribution in [0.25, 0.3) is 0 Å². The zero-order chi connectivity index (χ0) is 117. The lowest BCUT2D eigenvalue weighted by atomic mass is 9.92. The van der Waals surface area contributed by atoms with Gasteiger partial charge < -0.3 is 30.9 Å². The number of hydrogen-bond acceptors (Lipinski definition) is 22. The van der Waals surface area contributed by atoms with Gasteiger partial charge in [0.15, 0.2) is 81.0 Å². The van der Waals surface area contributed by atoms with Crippen molar-refractivity contribution in [3.63, 3.8) is 0 Å². The largest absolute Gasteiger partial charge is 0.463 e. The lowest BCUT2D eigenvalue weighted by Gasteiger charge is -2.21. The molecule has 4 N–H and O–H groups in total. The molecule has 6 rings (SSSR count). The predicted octanol–water partition coefficient (Wildman–Crippen LogP) is 24.1. The third-order valence-electron chi connectivity index (χ3n) is 21.7. The van der Waals surface area contributed by atoms with Gasteiger partial charge in [-0.1, -0.05) is 318 Å². The average Bonchev–Trinajstić information content (AvgIpc) is 1.73. The van der Waals surface area contributed by atoms with Crippen LogP contribution in [0.1, 0.15) is 331 Å². The third kappa shape index (κ3) is 93.4. The van der Waals surface area contributed by atoms with Crippen LogP contribution in [0, 0.1) is 82.9 Å². The Morgan fingerprint density at radius 2 is 0.813 bits per heavy atom. The number of carbonyl (C=O) groups is 17. The molecule has 1 atom stereocenters.